The van der Waals surface area contributed by atoms with Crippen molar-refractivity contribution in [1.82, 2.24) is 0 Å². The minimum atomic E-state index is -1.13. The third-order valence-corrected chi connectivity index (χ3v) is 6.11. The maximum Gasteiger partial charge on any atom is 0.161 e. The molecule has 156 valence electrons. The first-order valence-electron chi connectivity index (χ1n) is 10.6. The summed E-state index contributed by atoms with van der Waals surface area (Å²) in [6.45, 7) is 6.46. The zero-order valence-electron chi connectivity index (χ0n) is 17.6. The average Bonchev–Trinajstić information content (AvgIpc) is 2.67. The second-order valence-corrected chi connectivity index (χ2v) is 7.63. The molecule has 0 bridgehead atoms. The Bertz CT molecular complexity index is 532. The van der Waals surface area contributed by atoms with E-state index in [-0.39, 0.29) is 17.1 Å². The molecule has 4 heteroatoms. The summed E-state index contributed by atoms with van der Waals surface area (Å²) in [7, 11) is 1.75. The molecular formula is C23H37F3O. The Labute approximate surface area is 163 Å². The van der Waals surface area contributed by atoms with Crippen LogP contribution in [0.5, 0.6) is 0 Å². The highest BCUT2D eigenvalue weighted by Gasteiger charge is 2.35. The van der Waals surface area contributed by atoms with E-state index in [9.17, 15) is 13.2 Å². The molecule has 1 aromatic carbocycles. The Kier molecular flexibility index (Phi) is 11.1. The minimum absolute atomic E-state index is 0.238. The van der Waals surface area contributed by atoms with Gasteiger partial charge in [0.15, 0.2) is 11.6 Å². The Hall–Kier alpha value is -1.03. The van der Waals surface area contributed by atoms with Crippen LogP contribution in [0.3, 0.4) is 0 Å². The van der Waals surface area contributed by atoms with Crippen LogP contribution in [0.2, 0.25) is 0 Å². The van der Waals surface area contributed by atoms with Gasteiger partial charge in [-0.3, -0.25) is 0 Å². The number of unbranched alkanes of at least 4 members (excludes halogenated alkanes) is 5. The minimum Gasteiger partial charge on any atom is -0.378 e. The van der Waals surface area contributed by atoms with Crippen molar-refractivity contribution in [2.24, 2.45) is 5.92 Å². The zero-order valence-corrected chi connectivity index (χ0v) is 17.6. The molecule has 27 heavy (non-hydrogen) atoms. The lowest BCUT2D eigenvalue weighted by Crippen LogP contribution is -2.39. The quantitative estimate of drug-likeness (QED) is 0.236. The number of benzene rings is 1. The molecule has 0 amide bonds. The van der Waals surface area contributed by atoms with Crippen molar-refractivity contribution in [2.45, 2.75) is 97.0 Å². The van der Waals surface area contributed by atoms with Crippen LogP contribution in [0.1, 0.15) is 90.5 Å². The average molecular weight is 387 g/mol. The second-order valence-electron chi connectivity index (χ2n) is 7.63. The van der Waals surface area contributed by atoms with Crippen molar-refractivity contribution in [1.29, 1.82) is 0 Å². The van der Waals surface area contributed by atoms with Crippen molar-refractivity contribution in [2.75, 3.05) is 7.11 Å². The summed E-state index contributed by atoms with van der Waals surface area (Å²) < 4.78 is 46.6. The monoisotopic (exact) mass is 386 g/mol. The third kappa shape index (κ3) is 7.14. The summed E-state index contributed by atoms with van der Waals surface area (Å²) in [6.07, 6.45) is 11.3. The highest BCUT2D eigenvalue weighted by Crippen LogP contribution is 2.36. The summed E-state index contributed by atoms with van der Waals surface area (Å²) in [5.74, 6) is -2.50. The van der Waals surface area contributed by atoms with Crippen LogP contribution >= 0.6 is 0 Å². The molecule has 0 radical (unpaired) electrons. The molecule has 0 aliphatic carbocycles. The number of rotatable bonds is 14. The first kappa shape index (κ1) is 24.0. The van der Waals surface area contributed by atoms with Crippen molar-refractivity contribution in [3.8, 4) is 0 Å². The van der Waals surface area contributed by atoms with Crippen molar-refractivity contribution in [3.05, 3.63) is 35.1 Å². The first-order valence-corrected chi connectivity index (χ1v) is 10.6. The molecule has 0 aromatic heterocycles. The fourth-order valence-electron chi connectivity index (χ4n) is 4.21. The molecule has 0 aliphatic heterocycles. The molecule has 0 aliphatic rings. The van der Waals surface area contributed by atoms with Crippen LogP contribution in [0.4, 0.5) is 13.2 Å². The van der Waals surface area contributed by atoms with Crippen LogP contribution in [0.15, 0.2) is 12.1 Å². The summed E-state index contributed by atoms with van der Waals surface area (Å²) in [5, 5.41) is 0. The van der Waals surface area contributed by atoms with Crippen LogP contribution in [-0.2, 0) is 11.2 Å². The number of aryl methyl sites for hydroxylation is 1. The smallest absolute Gasteiger partial charge is 0.161 e. The Balaban J connectivity index is 2.77. The van der Waals surface area contributed by atoms with Crippen LogP contribution in [0, 0.1) is 23.4 Å². The lowest BCUT2D eigenvalue weighted by Gasteiger charge is -2.39. The van der Waals surface area contributed by atoms with Gasteiger partial charge in [0, 0.05) is 13.2 Å². The molecule has 0 heterocycles. The molecule has 0 saturated heterocycles. The topological polar surface area (TPSA) is 9.23 Å². The van der Waals surface area contributed by atoms with Gasteiger partial charge >= 0.3 is 0 Å². The molecule has 1 nitrogen and oxygen atoms in total. The van der Waals surface area contributed by atoms with E-state index in [1.165, 1.54) is 32.1 Å². The Morgan fingerprint density at radius 1 is 0.815 bits per heavy atom. The Morgan fingerprint density at radius 3 is 2.00 bits per heavy atom. The highest BCUT2D eigenvalue weighted by atomic mass is 19.2. The van der Waals surface area contributed by atoms with Crippen LogP contribution in [-0.4, -0.2) is 12.7 Å². The maximum absolute atomic E-state index is 14.0. The summed E-state index contributed by atoms with van der Waals surface area (Å²) in [5.41, 5.74) is 0.0115. The van der Waals surface area contributed by atoms with E-state index in [2.05, 4.69) is 20.8 Å². The number of methoxy groups -OCH3 is 1. The van der Waals surface area contributed by atoms with E-state index in [1.54, 1.807) is 7.11 Å². The SMILES string of the molecule is CCCCCCCCC(CCc1cc(F)c(F)cc1F)C(CC)(CC)OC. The highest BCUT2D eigenvalue weighted by molar-refractivity contribution is 5.20. The van der Waals surface area contributed by atoms with Gasteiger partial charge in [0.2, 0.25) is 0 Å². The molecule has 1 aromatic rings. The van der Waals surface area contributed by atoms with Gasteiger partial charge in [-0.25, -0.2) is 13.2 Å². The van der Waals surface area contributed by atoms with Gasteiger partial charge in [-0.05, 0) is 49.7 Å². The van der Waals surface area contributed by atoms with E-state index < -0.39 is 17.5 Å². The number of ether oxygens (including phenoxy) is 1. The standard InChI is InChI=1S/C23H37F3O/c1-5-8-9-10-11-12-13-19(23(6-2,7-3)27-4)15-14-18-16-21(25)22(26)17-20(18)24/h16-17,19H,5-15H2,1-4H3. The van der Waals surface area contributed by atoms with Gasteiger partial charge in [-0.2, -0.15) is 0 Å². The molecule has 1 rings (SSSR count). The maximum atomic E-state index is 14.0. The van der Waals surface area contributed by atoms with Crippen molar-refractivity contribution < 1.29 is 17.9 Å². The number of hydrogen-bond acceptors (Lipinski definition) is 1. The largest absolute Gasteiger partial charge is 0.378 e. The predicted octanol–water partition coefficient (Wildman–Crippen LogP) is 7.61. The summed E-state index contributed by atoms with van der Waals surface area (Å²) >= 11 is 0. The van der Waals surface area contributed by atoms with Gasteiger partial charge in [0.25, 0.3) is 0 Å². The van der Waals surface area contributed by atoms with E-state index in [0.29, 0.717) is 18.9 Å². The van der Waals surface area contributed by atoms with Crippen LogP contribution in [0.25, 0.3) is 0 Å². The number of halogens is 3. The molecule has 0 fully saturated rings. The molecule has 1 atom stereocenters. The first-order chi connectivity index (χ1) is 12.9. The second kappa shape index (κ2) is 12.4. The van der Waals surface area contributed by atoms with Gasteiger partial charge in [-0.15, -0.1) is 0 Å². The molecular weight excluding hydrogens is 349 g/mol. The fraction of sp³-hybridized carbons (Fsp3) is 0.739. The summed E-state index contributed by atoms with van der Waals surface area (Å²) in [6, 6.07) is 1.65. The number of hydrogen-bond donors (Lipinski definition) is 0. The van der Waals surface area contributed by atoms with Gasteiger partial charge in [-0.1, -0.05) is 59.3 Å². The zero-order chi connectivity index (χ0) is 20.3. The predicted molar refractivity (Wildman–Crippen MR) is 106 cm³/mol. The Morgan fingerprint density at radius 2 is 1.41 bits per heavy atom. The molecule has 0 spiro atoms. The van der Waals surface area contributed by atoms with Gasteiger partial charge in [0.1, 0.15) is 5.82 Å². The van der Waals surface area contributed by atoms with E-state index in [1.807, 2.05) is 0 Å². The van der Waals surface area contributed by atoms with Gasteiger partial charge in [0.05, 0.1) is 5.60 Å². The summed E-state index contributed by atoms with van der Waals surface area (Å²) in [4.78, 5) is 0. The molecule has 0 saturated carbocycles. The lowest BCUT2D eigenvalue weighted by molar-refractivity contribution is -0.0705. The van der Waals surface area contributed by atoms with E-state index in [0.717, 1.165) is 31.7 Å². The van der Waals surface area contributed by atoms with E-state index in [4.69, 9.17) is 4.74 Å². The van der Waals surface area contributed by atoms with Crippen LogP contribution < -0.4 is 0 Å². The lowest BCUT2D eigenvalue weighted by atomic mass is 9.76. The molecule has 1 unspecified atom stereocenters. The third-order valence-electron chi connectivity index (χ3n) is 6.11. The van der Waals surface area contributed by atoms with Gasteiger partial charge < -0.3 is 4.74 Å². The van der Waals surface area contributed by atoms with Crippen molar-refractivity contribution in [3.63, 3.8) is 0 Å². The van der Waals surface area contributed by atoms with E-state index >= 15 is 0 Å². The fourth-order valence-corrected chi connectivity index (χ4v) is 4.21. The molecule has 0 N–H and O–H groups in total. The van der Waals surface area contributed by atoms with Crippen molar-refractivity contribution >= 4 is 0 Å². The normalized spacial score (nSPS) is 13.1.